The van der Waals surface area contributed by atoms with Gasteiger partial charge in [0.25, 0.3) is 5.91 Å². The van der Waals surface area contributed by atoms with Crippen LogP contribution in [0.25, 0.3) is 10.2 Å². The number of aromatic nitrogens is 1. The summed E-state index contributed by atoms with van der Waals surface area (Å²) in [5.41, 5.74) is -0.948. The number of alkyl carbamates (subject to hydrolysis) is 1. The van der Waals surface area contributed by atoms with Crippen LogP contribution in [0.5, 0.6) is 5.88 Å². The number of nitrogens with zero attached hydrogens (tertiary/aromatic N) is 1. The van der Waals surface area contributed by atoms with Crippen LogP contribution in [0.15, 0.2) is 5.38 Å². The van der Waals surface area contributed by atoms with Crippen molar-refractivity contribution in [2.24, 2.45) is 5.92 Å². The number of carbonyl (C=O) groups is 2. The molecular formula is C21H24F3N3O4S. The lowest BCUT2D eigenvalue weighted by molar-refractivity contribution is -0.136. The number of nitrogens with one attached hydrogen (secondary N) is 2. The Morgan fingerprint density at radius 1 is 1.25 bits per heavy atom. The van der Waals surface area contributed by atoms with Crippen molar-refractivity contribution in [2.75, 3.05) is 7.05 Å². The molecule has 0 bridgehead atoms. The fraction of sp³-hybridized carbons (Fsp3) is 0.571. The van der Waals surface area contributed by atoms with E-state index in [1.807, 2.05) is 6.92 Å². The molecule has 174 valence electrons. The Bertz CT molecular complexity index is 1050. The van der Waals surface area contributed by atoms with Crippen LogP contribution >= 0.6 is 11.3 Å². The Morgan fingerprint density at radius 3 is 2.53 bits per heavy atom. The van der Waals surface area contributed by atoms with Crippen LogP contribution in [0.2, 0.25) is 0 Å². The van der Waals surface area contributed by atoms with Gasteiger partial charge in [-0.05, 0) is 32.6 Å². The van der Waals surface area contributed by atoms with Gasteiger partial charge >= 0.3 is 12.3 Å². The van der Waals surface area contributed by atoms with Gasteiger partial charge in [-0.2, -0.15) is 13.2 Å². The second kappa shape index (κ2) is 8.42. The second-order valence-corrected chi connectivity index (χ2v) is 9.21. The van der Waals surface area contributed by atoms with Crippen LogP contribution in [0.3, 0.4) is 0 Å². The number of fused-ring (bicyclic) bond motifs is 1. The summed E-state index contributed by atoms with van der Waals surface area (Å²) >= 11 is 0.828. The monoisotopic (exact) mass is 471 g/mol. The van der Waals surface area contributed by atoms with E-state index in [-0.39, 0.29) is 39.4 Å². The van der Waals surface area contributed by atoms with Gasteiger partial charge < -0.3 is 20.1 Å². The Kier molecular flexibility index (Phi) is 5.95. The van der Waals surface area contributed by atoms with Crippen molar-refractivity contribution in [3.8, 4) is 5.88 Å². The van der Waals surface area contributed by atoms with Crippen molar-refractivity contribution < 1.29 is 32.2 Å². The average molecular weight is 472 g/mol. The number of halogens is 3. The molecule has 0 spiro atoms. The number of amides is 2. The number of rotatable bonds is 6. The molecule has 11 heteroatoms. The molecule has 2 heterocycles. The first-order valence-corrected chi connectivity index (χ1v) is 11.3. The van der Waals surface area contributed by atoms with Crippen molar-refractivity contribution in [1.29, 1.82) is 0 Å². The number of hydrogen-bond donors (Lipinski definition) is 2. The molecule has 1 unspecified atom stereocenters. The Morgan fingerprint density at radius 2 is 1.94 bits per heavy atom. The van der Waals surface area contributed by atoms with E-state index < -0.39 is 29.8 Å². The summed E-state index contributed by atoms with van der Waals surface area (Å²) in [7, 11) is 1.40. The third-order valence-corrected chi connectivity index (χ3v) is 6.92. The summed E-state index contributed by atoms with van der Waals surface area (Å²) in [5.74, 6) is -0.178. The van der Waals surface area contributed by atoms with Gasteiger partial charge in [-0.1, -0.05) is 0 Å². The lowest BCUT2D eigenvalue weighted by atomic mass is 9.92. The van der Waals surface area contributed by atoms with Crippen LogP contribution in [-0.2, 0) is 10.9 Å². The molecule has 2 fully saturated rings. The summed E-state index contributed by atoms with van der Waals surface area (Å²) in [6, 6.07) is 0.0640. The van der Waals surface area contributed by atoms with Crippen LogP contribution in [0, 0.1) is 12.8 Å². The number of hydrogen-bond acceptors (Lipinski definition) is 6. The molecule has 2 aromatic rings. The van der Waals surface area contributed by atoms with E-state index in [0.717, 1.165) is 24.2 Å². The van der Waals surface area contributed by atoms with Crippen molar-refractivity contribution in [2.45, 2.75) is 64.0 Å². The zero-order valence-electron chi connectivity index (χ0n) is 17.8. The van der Waals surface area contributed by atoms with Crippen molar-refractivity contribution in [3.05, 3.63) is 22.1 Å². The van der Waals surface area contributed by atoms with Gasteiger partial charge in [-0.15, -0.1) is 11.3 Å². The van der Waals surface area contributed by atoms with E-state index >= 15 is 0 Å². The molecule has 0 aromatic carbocycles. The predicted molar refractivity (Wildman–Crippen MR) is 112 cm³/mol. The third-order valence-electron chi connectivity index (χ3n) is 5.93. The number of alkyl halides is 3. The normalized spacial score (nSPS) is 21.6. The Labute approximate surface area is 186 Å². The summed E-state index contributed by atoms with van der Waals surface area (Å²) in [5, 5.41) is 6.58. The standard InChI is InChI=1S/C21H24F3N3O4S/c1-9-15(21(22,23)24)17-16(14(8-32-17)18(28)25-3)27-19(9)30-12-6-13(7-12)31-20(29)26-10(2)11-4-5-11/h8,10-13H,4-7H2,1-3H3,(H,25,28)(H,26,29). The predicted octanol–water partition coefficient (Wildman–Crippen LogP) is 4.42. The molecule has 2 N–H and O–H groups in total. The molecule has 7 nitrogen and oxygen atoms in total. The molecule has 0 aliphatic heterocycles. The zero-order valence-corrected chi connectivity index (χ0v) is 18.7. The minimum absolute atomic E-state index is 0.0390. The van der Waals surface area contributed by atoms with Gasteiger partial charge in [0.15, 0.2) is 0 Å². The molecule has 32 heavy (non-hydrogen) atoms. The van der Waals surface area contributed by atoms with Crippen molar-refractivity contribution in [3.63, 3.8) is 0 Å². The van der Waals surface area contributed by atoms with E-state index in [2.05, 4.69) is 15.6 Å². The Hall–Kier alpha value is -2.56. The van der Waals surface area contributed by atoms with Gasteiger partial charge in [-0.3, -0.25) is 4.79 Å². The Balaban J connectivity index is 1.48. The van der Waals surface area contributed by atoms with Crippen LogP contribution in [0.1, 0.15) is 54.1 Å². The van der Waals surface area contributed by atoms with Gasteiger partial charge in [-0.25, -0.2) is 9.78 Å². The number of thiophene rings is 1. The van der Waals surface area contributed by atoms with E-state index in [0.29, 0.717) is 18.8 Å². The molecule has 2 aliphatic rings. The highest BCUT2D eigenvalue weighted by Gasteiger charge is 2.40. The fourth-order valence-electron chi connectivity index (χ4n) is 3.81. The lowest BCUT2D eigenvalue weighted by Crippen LogP contribution is -2.44. The first-order valence-electron chi connectivity index (χ1n) is 10.4. The summed E-state index contributed by atoms with van der Waals surface area (Å²) in [6.07, 6.45) is -2.99. The second-order valence-electron chi connectivity index (χ2n) is 8.33. The highest BCUT2D eigenvalue weighted by atomic mass is 32.1. The first-order chi connectivity index (χ1) is 15.1. The minimum atomic E-state index is -4.63. The van der Waals surface area contributed by atoms with E-state index in [1.54, 1.807) is 0 Å². The van der Waals surface area contributed by atoms with Gasteiger partial charge in [0, 0.05) is 36.9 Å². The summed E-state index contributed by atoms with van der Waals surface area (Å²) in [4.78, 5) is 28.3. The fourth-order valence-corrected chi connectivity index (χ4v) is 4.92. The number of ether oxygens (including phenoxy) is 2. The van der Waals surface area contributed by atoms with Gasteiger partial charge in [0.1, 0.15) is 12.2 Å². The smallest absolute Gasteiger partial charge is 0.418 e. The lowest BCUT2D eigenvalue weighted by Gasteiger charge is -2.35. The molecule has 0 saturated heterocycles. The molecule has 2 saturated carbocycles. The first kappa shape index (κ1) is 22.6. The zero-order chi connectivity index (χ0) is 23.2. The molecule has 2 aliphatic carbocycles. The molecule has 2 aromatic heterocycles. The van der Waals surface area contributed by atoms with E-state index in [9.17, 15) is 22.8 Å². The van der Waals surface area contributed by atoms with Gasteiger partial charge in [0.05, 0.1) is 21.3 Å². The number of carbonyl (C=O) groups excluding carboxylic acids is 2. The highest BCUT2D eigenvalue weighted by Crippen LogP contribution is 2.44. The molecule has 4 rings (SSSR count). The maximum atomic E-state index is 13.8. The topological polar surface area (TPSA) is 89.5 Å². The molecule has 1 atom stereocenters. The summed E-state index contributed by atoms with van der Waals surface area (Å²) in [6.45, 7) is 3.25. The number of pyridine rings is 1. The van der Waals surface area contributed by atoms with Gasteiger partial charge in [0.2, 0.25) is 5.88 Å². The largest absolute Gasteiger partial charge is 0.474 e. The van der Waals surface area contributed by atoms with Crippen molar-refractivity contribution in [1.82, 2.24) is 15.6 Å². The maximum Gasteiger partial charge on any atom is 0.418 e. The van der Waals surface area contributed by atoms with Crippen molar-refractivity contribution >= 4 is 33.6 Å². The third kappa shape index (κ3) is 4.48. The SMILES string of the molecule is CNC(=O)c1csc2c(C(F)(F)F)c(C)c(OC3CC(OC(=O)NC(C)C4CC4)C3)nc12. The van der Waals surface area contributed by atoms with E-state index in [4.69, 9.17) is 9.47 Å². The maximum absolute atomic E-state index is 13.8. The average Bonchev–Trinajstić information content (AvgIpc) is 3.46. The molecular weight excluding hydrogens is 447 g/mol. The van der Waals surface area contributed by atoms with Crippen LogP contribution in [-0.4, -0.2) is 42.3 Å². The molecule has 0 radical (unpaired) electrons. The molecule has 2 amide bonds. The van der Waals surface area contributed by atoms with Crippen LogP contribution < -0.4 is 15.4 Å². The van der Waals surface area contributed by atoms with Crippen LogP contribution in [0.4, 0.5) is 18.0 Å². The quantitative estimate of drug-likeness (QED) is 0.651. The summed E-state index contributed by atoms with van der Waals surface area (Å²) < 4.78 is 52.4. The highest BCUT2D eigenvalue weighted by molar-refractivity contribution is 7.17. The van der Waals surface area contributed by atoms with E-state index in [1.165, 1.54) is 19.4 Å². The minimum Gasteiger partial charge on any atom is -0.474 e.